The lowest BCUT2D eigenvalue weighted by atomic mass is 10.1. The fourth-order valence-corrected chi connectivity index (χ4v) is 1.93. The van der Waals surface area contributed by atoms with Crippen molar-refractivity contribution in [2.24, 2.45) is 0 Å². The molecule has 2 N–H and O–H groups in total. The number of carbonyl (C=O) groups excluding carboxylic acids is 1. The van der Waals surface area contributed by atoms with Crippen molar-refractivity contribution >= 4 is 11.6 Å². The van der Waals surface area contributed by atoms with Crippen LogP contribution in [0.1, 0.15) is 42.6 Å². The van der Waals surface area contributed by atoms with Crippen LogP contribution in [0.3, 0.4) is 0 Å². The number of methoxy groups -OCH3 is 1. The number of anilines is 1. The van der Waals surface area contributed by atoms with E-state index in [4.69, 9.17) is 4.74 Å². The topological polar surface area (TPSA) is 50.4 Å². The van der Waals surface area contributed by atoms with Gasteiger partial charge in [0.2, 0.25) is 0 Å². The first-order valence-corrected chi connectivity index (χ1v) is 7.22. The lowest BCUT2D eigenvalue weighted by Crippen LogP contribution is -2.33. The van der Waals surface area contributed by atoms with Crippen molar-refractivity contribution in [2.45, 2.75) is 39.7 Å². The maximum atomic E-state index is 12.4. The van der Waals surface area contributed by atoms with Crippen LogP contribution in [0.5, 0.6) is 0 Å². The minimum Gasteiger partial charge on any atom is -0.385 e. The van der Waals surface area contributed by atoms with Crippen molar-refractivity contribution in [1.82, 2.24) is 5.32 Å². The van der Waals surface area contributed by atoms with Crippen LogP contribution >= 0.6 is 0 Å². The Labute approximate surface area is 121 Å². The molecule has 4 nitrogen and oxygen atoms in total. The average molecular weight is 278 g/mol. The zero-order chi connectivity index (χ0) is 15.0. The third-order valence-electron chi connectivity index (χ3n) is 3.12. The molecule has 1 rings (SSSR count). The van der Waals surface area contributed by atoms with E-state index in [0.29, 0.717) is 12.2 Å². The summed E-state index contributed by atoms with van der Waals surface area (Å²) in [5.74, 6) is -0.0316. The molecule has 0 saturated heterocycles. The summed E-state index contributed by atoms with van der Waals surface area (Å²) in [6.07, 6.45) is 1.84. The van der Waals surface area contributed by atoms with Crippen molar-refractivity contribution in [3.63, 3.8) is 0 Å². The van der Waals surface area contributed by atoms with Crippen molar-refractivity contribution < 1.29 is 9.53 Å². The third-order valence-corrected chi connectivity index (χ3v) is 3.12. The van der Waals surface area contributed by atoms with Gasteiger partial charge in [0.15, 0.2) is 0 Å². The van der Waals surface area contributed by atoms with Gasteiger partial charge >= 0.3 is 0 Å². The quantitative estimate of drug-likeness (QED) is 0.768. The van der Waals surface area contributed by atoms with Gasteiger partial charge in [-0.1, -0.05) is 18.6 Å². The second-order valence-corrected chi connectivity index (χ2v) is 5.13. The number of rotatable bonds is 8. The molecule has 1 aromatic carbocycles. The summed E-state index contributed by atoms with van der Waals surface area (Å²) in [4.78, 5) is 12.4. The summed E-state index contributed by atoms with van der Waals surface area (Å²) in [6, 6.07) is 6.01. The monoisotopic (exact) mass is 278 g/mol. The van der Waals surface area contributed by atoms with E-state index in [2.05, 4.69) is 17.6 Å². The molecule has 1 aromatic rings. The van der Waals surface area contributed by atoms with E-state index in [1.165, 1.54) is 0 Å². The number of ether oxygens (including phenoxy) is 1. The summed E-state index contributed by atoms with van der Waals surface area (Å²) in [5, 5.41) is 6.32. The molecule has 0 heterocycles. The van der Waals surface area contributed by atoms with Gasteiger partial charge in [-0.25, -0.2) is 0 Å². The summed E-state index contributed by atoms with van der Waals surface area (Å²) in [6.45, 7) is 7.60. The van der Waals surface area contributed by atoms with E-state index in [1.807, 2.05) is 32.0 Å². The smallest absolute Gasteiger partial charge is 0.253 e. The fourth-order valence-electron chi connectivity index (χ4n) is 1.93. The van der Waals surface area contributed by atoms with Gasteiger partial charge in [0.1, 0.15) is 0 Å². The van der Waals surface area contributed by atoms with Gasteiger partial charge in [-0.05, 0) is 38.8 Å². The molecule has 20 heavy (non-hydrogen) atoms. The van der Waals surface area contributed by atoms with Gasteiger partial charge in [-0.3, -0.25) is 4.79 Å². The van der Waals surface area contributed by atoms with E-state index in [9.17, 15) is 4.79 Å². The predicted molar refractivity (Wildman–Crippen MR) is 83.4 cm³/mol. The molecule has 0 saturated carbocycles. The van der Waals surface area contributed by atoms with Crippen molar-refractivity contribution in [3.05, 3.63) is 29.3 Å². The normalized spacial score (nSPS) is 12.0. The first-order valence-electron chi connectivity index (χ1n) is 7.22. The minimum atomic E-state index is -0.0316. The van der Waals surface area contributed by atoms with E-state index in [1.54, 1.807) is 7.11 Å². The van der Waals surface area contributed by atoms with Gasteiger partial charge in [-0.15, -0.1) is 0 Å². The molecular formula is C16H26N2O2. The van der Waals surface area contributed by atoms with Crippen molar-refractivity contribution in [2.75, 3.05) is 25.6 Å². The van der Waals surface area contributed by atoms with Crippen LogP contribution < -0.4 is 10.6 Å². The van der Waals surface area contributed by atoms with Gasteiger partial charge < -0.3 is 15.4 Å². The van der Waals surface area contributed by atoms with Gasteiger partial charge in [0.25, 0.3) is 5.91 Å². The maximum Gasteiger partial charge on any atom is 0.253 e. The zero-order valence-electron chi connectivity index (χ0n) is 13.0. The predicted octanol–water partition coefficient (Wildman–Crippen LogP) is 2.97. The Morgan fingerprint density at radius 2 is 2.15 bits per heavy atom. The number of aryl methyl sites for hydroxylation is 1. The molecule has 0 fully saturated rings. The standard InChI is InChI=1S/C16H26N2O2/c1-5-9-17-15-7-6-12(2)11-14(15)16(19)18-13(3)8-10-20-4/h6-7,11,13,17H,5,8-10H2,1-4H3,(H,18,19). The van der Waals surface area contributed by atoms with Crippen LogP contribution in [0.25, 0.3) is 0 Å². The first kappa shape index (κ1) is 16.5. The van der Waals surface area contributed by atoms with Crippen LogP contribution in [0, 0.1) is 6.92 Å². The molecular weight excluding hydrogens is 252 g/mol. The molecule has 112 valence electrons. The Hall–Kier alpha value is -1.55. The third kappa shape index (κ3) is 5.21. The highest BCUT2D eigenvalue weighted by Crippen LogP contribution is 2.17. The van der Waals surface area contributed by atoms with Gasteiger partial charge in [0, 0.05) is 32.0 Å². The van der Waals surface area contributed by atoms with E-state index in [0.717, 1.165) is 30.6 Å². The lowest BCUT2D eigenvalue weighted by Gasteiger charge is -2.16. The van der Waals surface area contributed by atoms with Crippen LogP contribution in [0.15, 0.2) is 18.2 Å². The lowest BCUT2D eigenvalue weighted by molar-refractivity contribution is 0.0930. The Morgan fingerprint density at radius 3 is 2.80 bits per heavy atom. The summed E-state index contributed by atoms with van der Waals surface area (Å²) >= 11 is 0. The Morgan fingerprint density at radius 1 is 1.40 bits per heavy atom. The van der Waals surface area contributed by atoms with E-state index >= 15 is 0 Å². The molecule has 0 aliphatic carbocycles. The zero-order valence-corrected chi connectivity index (χ0v) is 13.0. The molecule has 1 unspecified atom stereocenters. The minimum absolute atomic E-state index is 0.0316. The van der Waals surface area contributed by atoms with Crippen LogP contribution in [0.4, 0.5) is 5.69 Å². The number of nitrogens with one attached hydrogen (secondary N) is 2. The molecule has 0 aliphatic rings. The average Bonchev–Trinajstić information content (AvgIpc) is 2.43. The van der Waals surface area contributed by atoms with E-state index < -0.39 is 0 Å². The van der Waals surface area contributed by atoms with E-state index in [-0.39, 0.29) is 11.9 Å². The summed E-state index contributed by atoms with van der Waals surface area (Å²) in [5.41, 5.74) is 2.69. The molecule has 0 aromatic heterocycles. The Balaban J connectivity index is 2.76. The number of hydrogen-bond acceptors (Lipinski definition) is 3. The van der Waals surface area contributed by atoms with Gasteiger partial charge in [0.05, 0.1) is 5.56 Å². The fraction of sp³-hybridized carbons (Fsp3) is 0.562. The number of hydrogen-bond donors (Lipinski definition) is 2. The summed E-state index contributed by atoms with van der Waals surface area (Å²) in [7, 11) is 1.67. The molecule has 0 bridgehead atoms. The highest BCUT2D eigenvalue weighted by molar-refractivity contribution is 6.00. The number of amides is 1. The molecule has 0 spiro atoms. The van der Waals surface area contributed by atoms with Crippen LogP contribution in [-0.4, -0.2) is 32.2 Å². The first-order chi connectivity index (χ1) is 9.58. The largest absolute Gasteiger partial charge is 0.385 e. The molecule has 4 heteroatoms. The van der Waals surface area contributed by atoms with Crippen LogP contribution in [-0.2, 0) is 4.74 Å². The SMILES string of the molecule is CCCNc1ccc(C)cc1C(=O)NC(C)CCOC. The number of carbonyl (C=O) groups is 1. The second kappa shape index (κ2) is 8.59. The molecule has 1 amide bonds. The highest BCUT2D eigenvalue weighted by atomic mass is 16.5. The number of benzene rings is 1. The maximum absolute atomic E-state index is 12.4. The van der Waals surface area contributed by atoms with Crippen molar-refractivity contribution in [1.29, 1.82) is 0 Å². The molecule has 1 atom stereocenters. The summed E-state index contributed by atoms with van der Waals surface area (Å²) < 4.78 is 5.03. The van der Waals surface area contributed by atoms with Crippen LogP contribution in [0.2, 0.25) is 0 Å². The molecule has 0 aliphatic heterocycles. The van der Waals surface area contributed by atoms with Crippen molar-refractivity contribution in [3.8, 4) is 0 Å². The Kier molecular flexibility index (Phi) is 7.09. The Bertz CT molecular complexity index is 432. The second-order valence-electron chi connectivity index (χ2n) is 5.13. The molecule has 0 radical (unpaired) electrons. The van der Waals surface area contributed by atoms with Gasteiger partial charge in [-0.2, -0.15) is 0 Å². The highest BCUT2D eigenvalue weighted by Gasteiger charge is 2.14.